The minimum Gasteiger partial charge on any atom is -0.403 e. The van der Waals surface area contributed by atoms with E-state index in [1.807, 2.05) is 7.05 Å². The standard InChI is InChI=1S/C16H23N5O2/c1-20-8-10-21(11-9-20)15(22)12-19-16(23)13-2-4-14(5-3-13)18-7-6-17/h2-7,18H,8-12,17H2,1H3,(H,19,23)/b7-6-. The molecule has 2 amide bonds. The quantitative estimate of drug-likeness (QED) is 0.713. The molecule has 1 aromatic rings. The Labute approximate surface area is 136 Å². The monoisotopic (exact) mass is 317 g/mol. The first kappa shape index (κ1) is 16.8. The van der Waals surface area contributed by atoms with Gasteiger partial charge in [0, 0.05) is 49.8 Å². The number of rotatable bonds is 5. The molecular weight excluding hydrogens is 294 g/mol. The predicted molar refractivity (Wildman–Crippen MR) is 89.8 cm³/mol. The van der Waals surface area contributed by atoms with Gasteiger partial charge in [-0.15, -0.1) is 0 Å². The van der Waals surface area contributed by atoms with Crippen LogP contribution in [0.3, 0.4) is 0 Å². The maximum absolute atomic E-state index is 12.1. The average Bonchev–Trinajstić information content (AvgIpc) is 2.58. The fourth-order valence-corrected chi connectivity index (χ4v) is 2.29. The highest BCUT2D eigenvalue weighted by Gasteiger charge is 2.19. The molecule has 2 rings (SSSR count). The molecule has 1 heterocycles. The zero-order valence-corrected chi connectivity index (χ0v) is 13.3. The van der Waals surface area contributed by atoms with Crippen molar-refractivity contribution in [3.05, 3.63) is 42.2 Å². The van der Waals surface area contributed by atoms with Crippen LogP contribution in [0.15, 0.2) is 36.7 Å². The number of nitrogens with two attached hydrogens (primary N) is 1. The normalized spacial score (nSPS) is 15.6. The Morgan fingerprint density at radius 2 is 1.83 bits per heavy atom. The molecular formula is C16H23N5O2. The summed E-state index contributed by atoms with van der Waals surface area (Å²) >= 11 is 0. The van der Waals surface area contributed by atoms with Crippen molar-refractivity contribution in [3.63, 3.8) is 0 Å². The van der Waals surface area contributed by atoms with Crippen LogP contribution in [0.2, 0.25) is 0 Å². The number of nitrogens with zero attached hydrogens (tertiary/aromatic N) is 2. The second-order valence-electron chi connectivity index (χ2n) is 5.45. The van der Waals surface area contributed by atoms with Crippen LogP contribution in [0.5, 0.6) is 0 Å². The average molecular weight is 317 g/mol. The summed E-state index contributed by atoms with van der Waals surface area (Å²) in [4.78, 5) is 28.1. The lowest BCUT2D eigenvalue weighted by molar-refractivity contribution is -0.131. The van der Waals surface area contributed by atoms with E-state index < -0.39 is 0 Å². The van der Waals surface area contributed by atoms with Crippen molar-refractivity contribution in [3.8, 4) is 0 Å². The van der Waals surface area contributed by atoms with Crippen molar-refractivity contribution in [2.24, 2.45) is 5.73 Å². The minimum atomic E-state index is -0.256. The second-order valence-corrected chi connectivity index (χ2v) is 5.45. The first-order valence-corrected chi connectivity index (χ1v) is 7.58. The molecule has 0 spiro atoms. The minimum absolute atomic E-state index is 0.0263. The van der Waals surface area contributed by atoms with Gasteiger partial charge in [0.25, 0.3) is 5.91 Å². The number of likely N-dealkylation sites (N-methyl/N-ethyl adjacent to an activating group) is 1. The van der Waals surface area contributed by atoms with Gasteiger partial charge in [-0.05, 0) is 31.3 Å². The first-order valence-electron chi connectivity index (χ1n) is 7.58. The number of benzene rings is 1. The van der Waals surface area contributed by atoms with Crippen molar-refractivity contribution in [1.82, 2.24) is 15.1 Å². The van der Waals surface area contributed by atoms with E-state index in [1.165, 1.54) is 6.20 Å². The van der Waals surface area contributed by atoms with Gasteiger partial charge in [-0.25, -0.2) is 0 Å². The smallest absolute Gasteiger partial charge is 0.251 e. The van der Waals surface area contributed by atoms with E-state index in [1.54, 1.807) is 35.4 Å². The summed E-state index contributed by atoms with van der Waals surface area (Å²) in [5.74, 6) is -0.300. The summed E-state index contributed by atoms with van der Waals surface area (Å²) in [6, 6.07) is 6.94. The van der Waals surface area contributed by atoms with Crippen LogP contribution in [0.4, 0.5) is 5.69 Å². The van der Waals surface area contributed by atoms with E-state index in [9.17, 15) is 9.59 Å². The summed E-state index contributed by atoms with van der Waals surface area (Å²) in [6.45, 7) is 3.18. The molecule has 23 heavy (non-hydrogen) atoms. The molecule has 0 bridgehead atoms. The predicted octanol–water partition coefficient (Wildman–Crippen LogP) is 0.0322. The molecule has 0 saturated carbocycles. The molecule has 0 radical (unpaired) electrons. The van der Waals surface area contributed by atoms with Gasteiger partial charge in [0.2, 0.25) is 5.91 Å². The molecule has 1 aliphatic heterocycles. The van der Waals surface area contributed by atoms with Crippen molar-refractivity contribution in [2.45, 2.75) is 0 Å². The molecule has 1 fully saturated rings. The summed E-state index contributed by atoms with van der Waals surface area (Å²) in [5.41, 5.74) is 6.59. The number of hydrogen-bond acceptors (Lipinski definition) is 5. The van der Waals surface area contributed by atoms with E-state index in [0.29, 0.717) is 18.7 Å². The SMILES string of the molecule is CN1CCN(C(=O)CNC(=O)c2ccc(N/C=C\N)cc2)CC1. The summed E-state index contributed by atoms with van der Waals surface area (Å²) < 4.78 is 0. The van der Waals surface area contributed by atoms with Gasteiger partial charge in [0.15, 0.2) is 0 Å². The Balaban J connectivity index is 1.81. The Morgan fingerprint density at radius 3 is 2.43 bits per heavy atom. The van der Waals surface area contributed by atoms with E-state index in [4.69, 9.17) is 5.73 Å². The van der Waals surface area contributed by atoms with Gasteiger partial charge in [-0.1, -0.05) is 0 Å². The molecule has 1 saturated heterocycles. The number of carbonyl (C=O) groups is 2. The molecule has 0 atom stereocenters. The van der Waals surface area contributed by atoms with E-state index in [-0.39, 0.29) is 18.4 Å². The van der Waals surface area contributed by atoms with Crippen molar-refractivity contribution in [1.29, 1.82) is 0 Å². The Bertz CT molecular complexity index is 562. The van der Waals surface area contributed by atoms with Gasteiger partial charge < -0.3 is 26.2 Å². The molecule has 7 heteroatoms. The lowest BCUT2D eigenvalue weighted by atomic mass is 10.2. The largest absolute Gasteiger partial charge is 0.403 e. The van der Waals surface area contributed by atoms with Crippen LogP contribution < -0.4 is 16.4 Å². The lowest BCUT2D eigenvalue weighted by Gasteiger charge is -2.32. The highest BCUT2D eigenvalue weighted by Crippen LogP contribution is 2.09. The van der Waals surface area contributed by atoms with Crippen molar-refractivity contribution < 1.29 is 9.59 Å². The van der Waals surface area contributed by atoms with Crippen LogP contribution in [-0.4, -0.2) is 61.4 Å². The summed E-state index contributed by atoms with van der Waals surface area (Å²) in [5, 5.41) is 5.63. The van der Waals surface area contributed by atoms with Crippen molar-refractivity contribution in [2.75, 3.05) is 45.1 Å². The first-order chi connectivity index (χ1) is 11.1. The van der Waals surface area contributed by atoms with E-state index in [0.717, 1.165) is 18.8 Å². The third-order valence-electron chi connectivity index (χ3n) is 3.75. The number of carbonyl (C=O) groups excluding carboxylic acids is 2. The number of piperazine rings is 1. The molecule has 1 aromatic carbocycles. The van der Waals surface area contributed by atoms with Crippen LogP contribution in [0.25, 0.3) is 0 Å². The summed E-state index contributed by atoms with van der Waals surface area (Å²) in [7, 11) is 2.03. The maximum Gasteiger partial charge on any atom is 0.251 e. The molecule has 124 valence electrons. The number of amides is 2. The Kier molecular flexibility index (Phi) is 5.99. The molecule has 0 aliphatic carbocycles. The van der Waals surface area contributed by atoms with E-state index >= 15 is 0 Å². The molecule has 0 unspecified atom stereocenters. The highest BCUT2D eigenvalue weighted by atomic mass is 16.2. The number of hydrogen-bond donors (Lipinski definition) is 3. The van der Waals surface area contributed by atoms with Crippen molar-refractivity contribution >= 4 is 17.5 Å². The third-order valence-corrected chi connectivity index (χ3v) is 3.75. The fraction of sp³-hybridized carbons (Fsp3) is 0.375. The molecule has 4 N–H and O–H groups in total. The zero-order chi connectivity index (χ0) is 16.7. The second kappa shape index (κ2) is 8.19. The molecule has 7 nitrogen and oxygen atoms in total. The molecule has 1 aliphatic rings. The van der Waals surface area contributed by atoms with Gasteiger partial charge in [-0.2, -0.15) is 0 Å². The number of anilines is 1. The topological polar surface area (TPSA) is 90.7 Å². The Morgan fingerprint density at radius 1 is 1.17 bits per heavy atom. The fourth-order valence-electron chi connectivity index (χ4n) is 2.29. The van der Waals surface area contributed by atoms with Gasteiger partial charge >= 0.3 is 0 Å². The zero-order valence-electron chi connectivity index (χ0n) is 13.3. The van der Waals surface area contributed by atoms with Gasteiger partial charge in [0.1, 0.15) is 0 Å². The lowest BCUT2D eigenvalue weighted by Crippen LogP contribution is -2.50. The van der Waals surface area contributed by atoms with Crippen LogP contribution in [0.1, 0.15) is 10.4 Å². The Hall–Kier alpha value is -2.54. The maximum atomic E-state index is 12.1. The third kappa shape index (κ3) is 5.00. The van der Waals surface area contributed by atoms with Gasteiger partial charge in [0.05, 0.1) is 6.54 Å². The summed E-state index contributed by atoms with van der Waals surface area (Å²) in [6.07, 6.45) is 2.99. The van der Waals surface area contributed by atoms with Gasteiger partial charge in [-0.3, -0.25) is 9.59 Å². The van der Waals surface area contributed by atoms with Crippen LogP contribution in [0, 0.1) is 0 Å². The van der Waals surface area contributed by atoms with E-state index in [2.05, 4.69) is 15.5 Å². The molecule has 0 aromatic heterocycles. The number of nitrogens with one attached hydrogen (secondary N) is 2. The van der Waals surface area contributed by atoms with Crippen LogP contribution in [-0.2, 0) is 4.79 Å². The van der Waals surface area contributed by atoms with Crippen LogP contribution >= 0.6 is 0 Å². The highest BCUT2D eigenvalue weighted by molar-refractivity contribution is 5.96.